The van der Waals surface area contributed by atoms with Gasteiger partial charge in [0.15, 0.2) is 16.8 Å². The van der Waals surface area contributed by atoms with E-state index in [0.29, 0.717) is 11.0 Å². The van der Waals surface area contributed by atoms with Crippen LogP contribution in [0.2, 0.25) is 0 Å². The van der Waals surface area contributed by atoms with Crippen molar-refractivity contribution in [2.75, 3.05) is 12.9 Å². The normalized spacial score (nSPS) is 11.1. The largest absolute Gasteiger partial charge is 0.497 e. The van der Waals surface area contributed by atoms with Gasteiger partial charge in [0, 0.05) is 52.9 Å². The lowest BCUT2D eigenvalue weighted by Crippen LogP contribution is -2.05. The van der Waals surface area contributed by atoms with E-state index in [1.165, 1.54) is 11.8 Å². The highest BCUT2D eigenvalue weighted by molar-refractivity contribution is 7.99. The van der Waals surface area contributed by atoms with Gasteiger partial charge < -0.3 is 9.30 Å². The fraction of sp³-hybridized carbons (Fsp3) is 0.154. The molecule has 0 fully saturated rings. The summed E-state index contributed by atoms with van der Waals surface area (Å²) in [6.45, 7) is 2.88. The van der Waals surface area contributed by atoms with E-state index in [9.17, 15) is 4.79 Å². The van der Waals surface area contributed by atoms with E-state index >= 15 is 0 Å². The molecule has 0 aliphatic rings. The van der Waals surface area contributed by atoms with Gasteiger partial charge in [0.1, 0.15) is 5.75 Å². The van der Waals surface area contributed by atoms with E-state index in [-0.39, 0.29) is 11.5 Å². The molecule has 5 aromatic rings. The van der Waals surface area contributed by atoms with Gasteiger partial charge in [-0.1, -0.05) is 30.0 Å². The van der Waals surface area contributed by atoms with Gasteiger partial charge in [0.2, 0.25) is 0 Å². The Morgan fingerprint density at radius 3 is 2.50 bits per heavy atom. The predicted octanol–water partition coefficient (Wildman–Crippen LogP) is 5.29. The fourth-order valence-electron chi connectivity index (χ4n) is 3.95. The monoisotopic (exact) mass is 469 g/mol. The summed E-state index contributed by atoms with van der Waals surface area (Å²) < 4.78 is 9.37. The van der Waals surface area contributed by atoms with Crippen LogP contribution >= 0.6 is 11.8 Å². The molecule has 5 rings (SSSR count). The Morgan fingerprint density at radius 2 is 1.76 bits per heavy atom. The summed E-state index contributed by atoms with van der Waals surface area (Å²) in [5.41, 5.74) is 3.58. The topological polar surface area (TPSA) is 74.8 Å². The number of rotatable bonds is 8. The van der Waals surface area contributed by atoms with Crippen LogP contribution in [0.15, 0.2) is 84.4 Å². The van der Waals surface area contributed by atoms with E-state index in [1.807, 2.05) is 71.4 Å². The summed E-state index contributed by atoms with van der Waals surface area (Å²) in [6, 6.07) is 19.5. The third-order valence-corrected chi connectivity index (χ3v) is 6.59. The van der Waals surface area contributed by atoms with Crippen LogP contribution in [0.4, 0.5) is 0 Å². The zero-order valence-electron chi connectivity index (χ0n) is 18.9. The van der Waals surface area contributed by atoms with Crippen molar-refractivity contribution in [3.63, 3.8) is 0 Å². The molecule has 0 saturated heterocycles. The van der Waals surface area contributed by atoms with Crippen LogP contribution in [-0.4, -0.2) is 43.0 Å². The second-order valence-corrected chi connectivity index (χ2v) is 8.58. The minimum Gasteiger partial charge on any atom is -0.497 e. The van der Waals surface area contributed by atoms with Gasteiger partial charge in [-0.2, -0.15) is 0 Å². The molecule has 0 aliphatic carbocycles. The second-order valence-electron chi connectivity index (χ2n) is 7.63. The molecule has 0 bridgehead atoms. The second kappa shape index (κ2) is 9.52. The first-order valence-corrected chi connectivity index (χ1v) is 11.9. The molecule has 0 aliphatic heterocycles. The highest BCUT2D eigenvalue weighted by Crippen LogP contribution is 2.30. The predicted molar refractivity (Wildman–Crippen MR) is 134 cm³/mol. The molecular weight excluding hydrogens is 446 g/mol. The summed E-state index contributed by atoms with van der Waals surface area (Å²) in [5, 5.41) is 10.5. The van der Waals surface area contributed by atoms with E-state index in [1.54, 1.807) is 19.5 Å². The molecule has 0 saturated carbocycles. The van der Waals surface area contributed by atoms with Gasteiger partial charge >= 0.3 is 0 Å². The van der Waals surface area contributed by atoms with Crippen molar-refractivity contribution in [2.45, 2.75) is 18.6 Å². The first kappa shape index (κ1) is 21.9. The summed E-state index contributed by atoms with van der Waals surface area (Å²) in [5.74, 6) is 1.76. The number of Topliss-reactive ketones (excluding diaryl/α,β-unsaturated/α-hetero) is 1. The number of ketones is 1. The van der Waals surface area contributed by atoms with Crippen LogP contribution in [-0.2, 0) is 6.54 Å². The number of hydrogen-bond acceptors (Lipinski definition) is 6. The van der Waals surface area contributed by atoms with Crippen molar-refractivity contribution in [2.24, 2.45) is 0 Å². The minimum absolute atomic E-state index is 0.0585. The molecule has 170 valence electrons. The molecule has 0 amide bonds. The molecule has 0 unspecified atom stereocenters. The molecule has 0 atom stereocenters. The SMILES string of the molecule is CCn1cc(C(=O)CSc2nnc(-c3ccncc3)n2-c2ccc(OC)cc2)c2ccccc21. The quantitative estimate of drug-likeness (QED) is 0.227. The van der Waals surface area contributed by atoms with Gasteiger partial charge in [-0.3, -0.25) is 14.3 Å². The number of pyridine rings is 1. The van der Waals surface area contributed by atoms with Crippen molar-refractivity contribution in [1.29, 1.82) is 0 Å². The smallest absolute Gasteiger partial charge is 0.196 e. The van der Waals surface area contributed by atoms with Crippen LogP contribution in [0.5, 0.6) is 5.75 Å². The molecule has 34 heavy (non-hydrogen) atoms. The summed E-state index contributed by atoms with van der Waals surface area (Å²) in [6.07, 6.45) is 5.40. The Hall–Kier alpha value is -3.91. The molecule has 0 N–H and O–H groups in total. The third kappa shape index (κ3) is 4.08. The summed E-state index contributed by atoms with van der Waals surface area (Å²) in [4.78, 5) is 17.4. The number of methoxy groups -OCH3 is 1. The number of hydrogen-bond donors (Lipinski definition) is 0. The van der Waals surface area contributed by atoms with E-state index in [4.69, 9.17) is 4.74 Å². The molecule has 2 aromatic carbocycles. The van der Waals surface area contributed by atoms with Crippen LogP contribution in [0.1, 0.15) is 17.3 Å². The molecule has 7 nitrogen and oxygen atoms in total. The zero-order valence-corrected chi connectivity index (χ0v) is 19.7. The lowest BCUT2D eigenvalue weighted by atomic mass is 10.1. The van der Waals surface area contributed by atoms with Gasteiger partial charge in [-0.05, 0) is 49.4 Å². The Bertz CT molecular complexity index is 1440. The fourth-order valence-corrected chi connectivity index (χ4v) is 4.79. The highest BCUT2D eigenvalue weighted by Gasteiger charge is 2.20. The summed E-state index contributed by atoms with van der Waals surface area (Å²) in [7, 11) is 1.64. The zero-order chi connectivity index (χ0) is 23.5. The van der Waals surface area contributed by atoms with Crippen molar-refractivity contribution in [3.05, 3.63) is 84.8 Å². The van der Waals surface area contributed by atoms with Crippen molar-refractivity contribution in [3.8, 4) is 22.8 Å². The number of aryl methyl sites for hydroxylation is 1. The average Bonchev–Trinajstić information content (AvgIpc) is 3.49. The van der Waals surface area contributed by atoms with Crippen LogP contribution in [0.25, 0.3) is 28.0 Å². The third-order valence-electron chi connectivity index (χ3n) is 5.66. The lowest BCUT2D eigenvalue weighted by molar-refractivity contribution is 0.102. The Labute approximate surface area is 201 Å². The van der Waals surface area contributed by atoms with Gasteiger partial charge in [-0.25, -0.2) is 0 Å². The average molecular weight is 470 g/mol. The van der Waals surface area contributed by atoms with Gasteiger partial charge in [0.25, 0.3) is 0 Å². The number of para-hydroxylation sites is 1. The number of thioether (sulfide) groups is 1. The summed E-state index contributed by atoms with van der Waals surface area (Å²) >= 11 is 1.38. The Kier molecular flexibility index (Phi) is 6.14. The molecule has 8 heteroatoms. The minimum atomic E-state index is 0.0585. The van der Waals surface area contributed by atoms with Crippen LogP contribution < -0.4 is 4.74 Å². The number of nitrogens with zero attached hydrogens (tertiary/aromatic N) is 5. The maximum Gasteiger partial charge on any atom is 0.196 e. The van der Waals surface area contributed by atoms with Crippen molar-refractivity contribution < 1.29 is 9.53 Å². The van der Waals surface area contributed by atoms with E-state index < -0.39 is 0 Å². The van der Waals surface area contributed by atoms with Crippen molar-refractivity contribution in [1.82, 2.24) is 24.3 Å². The lowest BCUT2D eigenvalue weighted by Gasteiger charge is -2.11. The first-order valence-electron chi connectivity index (χ1n) is 10.9. The molecule has 0 radical (unpaired) electrons. The molecule has 3 heterocycles. The maximum atomic E-state index is 13.3. The Morgan fingerprint density at radius 1 is 1.00 bits per heavy atom. The van der Waals surface area contributed by atoms with E-state index in [0.717, 1.165) is 40.0 Å². The van der Waals surface area contributed by atoms with Crippen LogP contribution in [0, 0.1) is 0 Å². The molecular formula is C26H23N5O2S. The number of fused-ring (bicyclic) bond motifs is 1. The van der Waals surface area contributed by atoms with Crippen molar-refractivity contribution >= 4 is 28.4 Å². The number of aromatic nitrogens is 5. The van der Waals surface area contributed by atoms with Crippen LogP contribution in [0.3, 0.4) is 0 Å². The number of carbonyl (C=O) groups excluding carboxylic acids is 1. The number of carbonyl (C=O) groups is 1. The van der Waals surface area contributed by atoms with Gasteiger partial charge in [0.05, 0.1) is 12.9 Å². The Balaban J connectivity index is 1.48. The molecule has 0 spiro atoms. The first-order chi connectivity index (χ1) is 16.7. The van der Waals surface area contributed by atoms with Gasteiger partial charge in [-0.15, -0.1) is 10.2 Å². The maximum absolute atomic E-state index is 13.3. The van der Waals surface area contributed by atoms with E-state index in [2.05, 4.69) is 26.7 Å². The number of benzene rings is 2. The highest BCUT2D eigenvalue weighted by atomic mass is 32.2. The molecule has 3 aromatic heterocycles. The number of ether oxygens (including phenoxy) is 1. The standard InChI is InChI=1S/C26H23N5O2S/c1-3-30-16-22(21-6-4-5-7-23(21)30)24(32)17-34-26-29-28-25(18-12-14-27-15-13-18)31(26)19-8-10-20(33-2)11-9-19/h4-16H,3,17H2,1-2H3.